The lowest BCUT2D eigenvalue weighted by atomic mass is 10.0. The maximum Gasteiger partial charge on any atom is 0.173 e. The van der Waals surface area contributed by atoms with Crippen molar-refractivity contribution in [3.63, 3.8) is 0 Å². The molecule has 6 aromatic carbocycles. The van der Waals surface area contributed by atoms with E-state index in [2.05, 4.69) is 32.6 Å². The highest BCUT2D eigenvalue weighted by atomic mass is 16.5. The zero-order valence-corrected chi connectivity index (χ0v) is 32.8. The minimum Gasteiger partial charge on any atom is -0.508 e. The fraction of sp³-hybridized carbons (Fsp3) is 0.0200. The quantitative estimate of drug-likeness (QED) is 0.134. The van der Waals surface area contributed by atoms with Crippen molar-refractivity contribution in [3.8, 4) is 80.3 Å². The molecule has 3 N–H and O–H groups in total. The zero-order valence-electron chi connectivity index (χ0n) is 32.8. The maximum absolute atomic E-state index is 9.77. The number of aromatic nitrogens is 5. The molecule has 0 bridgehead atoms. The molecule has 3 aromatic heterocycles. The van der Waals surface area contributed by atoms with Crippen LogP contribution in [0.2, 0.25) is 0 Å². The van der Waals surface area contributed by atoms with Crippen LogP contribution in [0.5, 0.6) is 34.5 Å². The van der Waals surface area contributed by atoms with Crippen LogP contribution in [0.4, 0.5) is 5.82 Å². The summed E-state index contributed by atoms with van der Waals surface area (Å²) in [5, 5.41) is 51.6. The second-order valence-corrected chi connectivity index (χ2v) is 14.1. The number of hydrogen-bond acceptors (Lipinski definition) is 10. The molecule has 0 aliphatic carbocycles. The molecule has 0 fully saturated rings. The van der Waals surface area contributed by atoms with Crippen LogP contribution in [-0.2, 0) is 0 Å². The molecule has 10 rings (SSSR count). The van der Waals surface area contributed by atoms with E-state index in [-0.39, 0.29) is 11.5 Å². The van der Waals surface area contributed by atoms with Gasteiger partial charge >= 0.3 is 0 Å². The Morgan fingerprint density at radius 1 is 0.548 bits per heavy atom. The number of anilines is 1. The second-order valence-electron chi connectivity index (χ2n) is 14.1. The average Bonchev–Trinajstić information content (AvgIpc) is 3.88. The molecule has 1 aliphatic rings. The number of rotatable bonds is 8. The van der Waals surface area contributed by atoms with Gasteiger partial charge in [0.1, 0.15) is 75.0 Å². The maximum atomic E-state index is 9.77. The number of nitriles is 2. The Morgan fingerprint density at radius 2 is 1.08 bits per heavy atom. The van der Waals surface area contributed by atoms with Gasteiger partial charge in [0.25, 0.3) is 0 Å². The summed E-state index contributed by atoms with van der Waals surface area (Å²) in [5.41, 5.74) is 7.60. The summed E-state index contributed by atoms with van der Waals surface area (Å²) in [6, 6.07) is 52.6. The molecule has 12 nitrogen and oxygen atoms in total. The van der Waals surface area contributed by atoms with Crippen molar-refractivity contribution >= 4 is 23.2 Å². The van der Waals surface area contributed by atoms with E-state index >= 15 is 0 Å². The lowest BCUT2D eigenvalue weighted by Gasteiger charge is -2.17. The van der Waals surface area contributed by atoms with E-state index in [9.17, 15) is 20.7 Å². The molecule has 12 heteroatoms. The van der Waals surface area contributed by atoms with Gasteiger partial charge < -0.3 is 25.0 Å². The molecule has 0 amide bonds. The minimum atomic E-state index is 0.175. The largest absolute Gasteiger partial charge is 0.508 e. The van der Waals surface area contributed by atoms with Gasteiger partial charge in [-0.15, -0.1) is 0 Å². The van der Waals surface area contributed by atoms with Crippen molar-refractivity contribution in [1.82, 2.24) is 24.4 Å². The van der Waals surface area contributed by atoms with E-state index in [4.69, 9.17) is 9.47 Å². The van der Waals surface area contributed by atoms with Gasteiger partial charge in [-0.05, 0) is 114 Å². The molecule has 0 saturated heterocycles. The smallest absolute Gasteiger partial charge is 0.173 e. The number of nitrogens with one attached hydrogen (secondary N) is 1. The summed E-state index contributed by atoms with van der Waals surface area (Å²) in [5.74, 6) is 3.97. The van der Waals surface area contributed by atoms with Crippen LogP contribution in [0.15, 0.2) is 170 Å². The molecule has 0 radical (unpaired) electrons. The van der Waals surface area contributed by atoms with Crippen LogP contribution in [-0.4, -0.2) is 41.1 Å². The van der Waals surface area contributed by atoms with Crippen LogP contribution in [0, 0.1) is 22.7 Å². The van der Waals surface area contributed by atoms with Crippen LogP contribution >= 0.6 is 0 Å². The van der Waals surface area contributed by atoms with Gasteiger partial charge in [0.2, 0.25) is 0 Å². The molecular weight excluding hydrogens is 777 g/mol. The predicted octanol–water partition coefficient (Wildman–Crippen LogP) is 10.8. The first-order valence-electron chi connectivity index (χ1n) is 19.4. The number of benzene rings is 6. The monoisotopic (exact) mass is 810 g/mol. The van der Waals surface area contributed by atoms with Crippen molar-refractivity contribution in [1.29, 1.82) is 10.5 Å². The Labute approximate surface area is 355 Å². The summed E-state index contributed by atoms with van der Waals surface area (Å²) in [4.78, 5) is 4.45. The normalized spacial score (nSPS) is 11.5. The van der Waals surface area contributed by atoms with Crippen LogP contribution < -0.4 is 14.8 Å². The van der Waals surface area contributed by atoms with Gasteiger partial charge in [-0.25, -0.2) is 14.2 Å². The average molecular weight is 811 g/mol. The third kappa shape index (κ3) is 8.11. The van der Waals surface area contributed by atoms with E-state index in [0.29, 0.717) is 52.0 Å². The third-order valence-corrected chi connectivity index (χ3v) is 9.94. The van der Waals surface area contributed by atoms with Gasteiger partial charge in [0.15, 0.2) is 5.65 Å². The van der Waals surface area contributed by atoms with Crippen LogP contribution in [0.3, 0.4) is 0 Å². The molecule has 0 atom stereocenters. The van der Waals surface area contributed by atoms with Crippen molar-refractivity contribution in [2.24, 2.45) is 0 Å². The van der Waals surface area contributed by atoms with Crippen LogP contribution in [0.25, 0.3) is 51.1 Å². The summed E-state index contributed by atoms with van der Waals surface area (Å²) in [7, 11) is 0. The van der Waals surface area contributed by atoms with Crippen molar-refractivity contribution in [2.75, 3.05) is 11.9 Å². The zero-order chi connectivity index (χ0) is 42.4. The minimum absolute atomic E-state index is 0.175. The number of aromatic hydroxyl groups is 2. The van der Waals surface area contributed by atoms with E-state index in [1.54, 1.807) is 58.0 Å². The number of para-hydroxylation sites is 2. The number of ether oxygens (including phenoxy) is 2. The third-order valence-electron chi connectivity index (χ3n) is 9.94. The first kappa shape index (κ1) is 38.4. The number of fused-ring (bicyclic) bond motifs is 2. The Morgan fingerprint density at radius 3 is 1.65 bits per heavy atom. The molecule has 0 unspecified atom stereocenters. The summed E-state index contributed by atoms with van der Waals surface area (Å²) in [6.07, 6.45) is 5.36. The molecule has 62 heavy (non-hydrogen) atoms. The molecule has 4 heterocycles. The lowest BCUT2D eigenvalue weighted by molar-refractivity contribution is 0.474. The van der Waals surface area contributed by atoms with E-state index in [1.807, 2.05) is 128 Å². The van der Waals surface area contributed by atoms with Crippen molar-refractivity contribution < 1.29 is 19.7 Å². The number of phenols is 2. The summed E-state index contributed by atoms with van der Waals surface area (Å²) >= 11 is 0. The molecule has 0 spiro atoms. The highest BCUT2D eigenvalue weighted by molar-refractivity contribution is 5.85. The van der Waals surface area contributed by atoms with Gasteiger partial charge in [-0.1, -0.05) is 60.7 Å². The Bertz CT molecular complexity index is 3170. The Balaban J connectivity index is 0.000000158. The number of phenolic OH excluding ortho intramolecular Hbond substituents is 2. The molecule has 9 aromatic rings. The first-order chi connectivity index (χ1) is 30.4. The summed E-state index contributed by atoms with van der Waals surface area (Å²) < 4.78 is 15.0. The van der Waals surface area contributed by atoms with Crippen molar-refractivity contribution in [2.45, 2.75) is 0 Å². The fourth-order valence-electron chi connectivity index (χ4n) is 6.95. The molecule has 298 valence electrons. The predicted molar refractivity (Wildman–Crippen MR) is 236 cm³/mol. The van der Waals surface area contributed by atoms with Gasteiger partial charge in [0, 0.05) is 41.8 Å². The van der Waals surface area contributed by atoms with Gasteiger partial charge in [0.05, 0.1) is 0 Å². The van der Waals surface area contributed by atoms with Gasteiger partial charge in [-0.3, -0.25) is 0 Å². The molecule has 1 aliphatic heterocycles. The summed E-state index contributed by atoms with van der Waals surface area (Å²) in [6.45, 7) is 0.535. The SMILES string of the molecule is N#Cc1c(-c2ccc(Oc3ccccc3)cc2)nn2c1NCC(c1cccc(O)c1)=C2.N#Cc1c(-c2ccc(Oc3ccccc3)cc2)nn2cc(-c3cccc(O)c3)cnc12. The first-order valence-corrected chi connectivity index (χ1v) is 19.4. The van der Waals surface area contributed by atoms with E-state index in [1.165, 1.54) is 0 Å². The number of nitrogens with zero attached hydrogens (tertiary/aromatic N) is 7. The van der Waals surface area contributed by atoms with E-state index < -0.39 is 0 Å². The second kappa shape index (κ2) is 17.0. The number of hydrogen-bond donors (Lipinski definition) is 3. The molecule has 0 saturated carbocycles. The van der Waals surface area contributed by atoms with Crippen LogP contribution in [0.1, 0.15) is 16.7 Å². The fourth-order valence-corrected chi connectivity index (χ4v) is 6.95. The lowest BCUT2D eigenvalue weighted by Crippen LogP contribution is -2.14. The van der Waals surface area contributed by atoms with Crippen molar-refractivity contribution in [3.05, 3.63) is 187 Å². The Kier molecular flexibility index (Phi) is 10.5. The van der Waals surface area contributed by atoms with Gasteiger partial charge in [-0.2, -0.15) is 20.7 Å². The Hall–Kier alpha value is -9.13. The highest BCUT2D eigenvalue weighted by Crippen LogP contribution is 2.35. The standard InChI is InChI=1S/C25H18N4O2.C25H16N4O2/c2*26-14-23-24(17-9-11-22(12-10-17)31-21-7-2-1-3-8-21)28-29-16-19(15-27-25(23)29)18-5-4-6-20(30)13-18/h1-13,16,27,30H,15H2;1-13,15-16,30H. The van der Waals surface area contributed by atoms with E-state index in [0.717, 1.165) is 44.9 Å². The molecular formula is C50H34N8O4. The topological polar surface area (TPSA) is 167 Å². The highest BCUT2D eigenvalue weighted by Gasteiger charge is 2.22.